The number of carbonyl (C=O) groups is 3. The zero-order valence-corrected chi connectivity index (χ0v) is 47.2. The second kappa shape index (κ2) is 55.1. The molecule has 74 heavy (non-hydrogen) atoms. The summed E-state index contributed by atoms with van der Waals surface area (Å²) < 4.78 is 39.3. The molecule has 0 saturated carbocycles. The lowest BCUT2D eigenvalue weighted by atomic mass is 10.0. The van der Waals surface area contributed by atoms with Crippen molar-refractivity contribution in [1.29, 1.82) is 0 Å². The van der Waals surface area contributed by atoms with Crippen molar-refractivity contribution in [2.24, 2.45) is 0 Å². The summed E-state index contributed by atoms with van der Waals surface area (Å²) >= 11 is 0. The maximum absolute atomic E-state index is 12.9. The molecule has 0 aliphatic rings. The SMILES string of the molecule is CC/C=C\C/C=C\C/C=C\C/C=C\C/C=C\CCCC(=O)OC(COC(=O)C/C=C\C/C=C\C/C=C\C/C=C\C/C=C\CC)COP(=O)(O)OCC(CO)OC(=O)CCCCCCCCCCCCCCCCC. The van der Waals surface area contributed by atoms with E-state index in [9.17, 15) is 28.9 Å². The maximum atomic E-state index is 12.9. The van der Waals surface area contributed by atoms with E-state index in [4.69, 9.17) is 23.3 Å². The molecule has 0 fully saturated rings. The molecule has 0 bridgehead atoms. The Bertz CT molecular complexity index is 1700. The van der Waals surface area contributed by atoms with Crippen LogP contribution in [0, 0.1) is 0 Å². The number of rotatable bonds is 51. The van der Waals surface area contributed by atoms with E-state index in [-0.39, 0.29) is 19.3 Å². The van der Waals surface area contributed by atoms with E-state index in [1.165, 1.54) is 70.6 Å². The van der Waals surface area contributed by atoms with Crippen molar-refractivity contribution in [2.45, 2.75) is 226 Å². The highest BCUT2D eigenvalue weighted by Gasteiger charge is 2.28. The molecule has 3 unspecified atom stereocenters. The quantitative estimate of drug-likeness (QED) is 0.0197. The number of aliphatic hydroxyl groups excluding tert-OH is 1. The standard InChI is InChI=1S/C62H101O11P/c1-4-7-10-13-16-19-22-25-28-29-32-35-38-41-44-47-50-53-62(66)73-59(55-69-60(64)51-48-45-42-39-36-33-30-26-23-20-17-14-11-8-5-2)57-71-74(67,68)70-56-58(54-63)72-61(65)52-49-46-43-40-37-34-31-27-24-21-18-15-12-9-6-3/h7-8,10-11,16-17,19-20,25-26,28,30,32,35-36,39,41,44-45,48,58-59,63H,4-6,9,12-15,18,21-24,27,29,31,33-34,37-38,40,42-43,46-47,49-57H2,1-3H3,(H,67,68)/b10-7-,11-8-,19-16-,20-17-,28-25-,30-26-,35-32-,39-36-,44-41-,48-45-. The van der Waals surface area contributed by atoms with Crippen molar-refractivity contribution in [3.63, 3.8) is 0 Å². The van der Waals surface area contributed by atoms with Crippen molar-refractivity contribution in [3.05, 3.63) is 122 Å². The van der Waals surface area contributed by atoms with Gasteiger partial charge in [-0.05, 0) is 83.5 Å². The minimum absolute atomic E-state index is 0.0232. The van der Waals surface area contributed by atoms with Crippen LogP contribution in [-0.4, -0.2) is 66.5 Å². The molecule has 0 saturated heterocycles. The lowest BCUT2D eigenvalue weighted by Crippen LogP contribution is -2.30. The molecule has 0 aliphatic carbocycles. The zero-order valence-electron chi connectivity index (χ0n) is 46.3. The lowest BCUT2D eigenvalue weighted by molar-refractivity contribution is -0.161. The monoisotopic (exact) mass is 1050 g/mol. The molecule has 0 amide bonds. The Hall–Kier alpha value is -4.12. The number of phosphoric ester groups is 1. The molecule has 0 radical (unpaired) electrons. The van der Waals surface area contributed by atoms with Crippen LogP contribution < -0.4 is 0 Å². The summed E-state index contributed by atoms with van der Waals surface area (Å²) in [4.78, 5) is 48.4. The maximum Gasteiger partial charge on any atom is 0.472 e. The first kappa shape index (κ1) is 69.9. The van der Waals surface area contributed by atoms with Gasteiger partial charge in [0.1, 0.15) is 12.7 Å². The molecule has 0 aromatic heterocycles. The predicted molar refractivity (Wildman–Crippen MR) is 306 cm³/mol. The number of unbranched alkanes of at least 4 members (excludes halogenated alkanes) is 15. The van der Waals surface area contributed by atoms with Crippen LogP contribution >= 0.6 is 7.82 Å². The molecule has 0 aromatic rings. The highest BCUT2D eigenvalue weighted by Crippen LogP contribution is 2.43. The Kier molecular flexibility index (Phi) is 52.1. The first-order valence-electron chi connectivity index (χ1n) is 28.4. The third-order valence-electron chi connectivity index (χ3n) is 11.4. The fourth-order valence-corrected chi connectivity index (χ4v) is 7.95. The molecule has 11 nitrogen and oxygen atoms in total. The minimum Gasteiger partial charge on any atom is -0.461 e. The van der Waals surface area contributed by atoms with Crippen LogP contribution in [0.15, 0.2) is 122 Å². The molecule has 420 valence electrons. The molecule has 0 rings (SSSR count). The Balaban J connectivity index is 4.91. The van der Waals surface area contributed by atoms with E-state index < -0.39 is 64.4 Å². The van der Waals surface area contributed by atoms with Crippen LogP contribution in [-0.2, 0) is 42.2 Å². The molecular formula is C62H101O11P. The van der Waals surface area contributed by atoms with Crippen molar-refractivity contribution in [3.8, 4) is 0 Å². The van der Waals surface area contributed by atoms with Gasteiger partial charge in [-0.25, -0.2) is 4.57 Å². The number of phosphoric acid groups is 1. The zero-order chi connectivity index (χ0) is 54.1. The van der Waals surface area contributed by atoms with E-state index in [0.717, 1.165) is 77.0 Å². The molecule has 0 heterocycles. The molecule has 12 heteroatoms. The van der Waals surface area contributed by atoms with Crippen LogP contribution in [0.2, 0.25) is 0 Å². The minimum atomic E-state index is -4.79. The number of aliphatic hydroxyl groups is 1. The largest absolute Gasteiger partial charge is 0.472 e. The van der Waals surface area contributed by atoms with Gasteiger partial charge >= 0.3 is 25.7 Å². The van der Waals surface area contributed by atoms with Gasteiger partial charge in [-0.2, -0.15) is 0 Å². The van der Waals surface area contributed by atoms with Crippen LogP contribution in [0.5, 0.6) is 0 Å². The third-order valence-corrected chi connectivity index (χ3v) is 12.4. The second-order valence-corrected chi connectivity index (χ2v) is 19.8. The number of hydrogen-bond donors (Lipinski definition) is 2. The van der Waals surface area contributed by atoms with Gasteiger partial charge < -0.3 is 24.2 Å². The topological polar surface area (TPSA) is 155 Å². The van der Waals surface area contributed by atoms with E-state index in [2.05, 4.69) is 112 Å². The summed E-state index contributed by atoms with van der Waals surface area (Å²) in [6, 6.07) is 0. The molecule has 0 spiro atoms. The van der Waals surface area contributed by atoms with Gasteiger partial charge in [0.2, 0.25) is 0 Å². The normalized spacial score (nSPS) is 14.3. The number of allylic oxidation sites excluding steroid dienone is 19. The fourth-order valence-electron chi connectivity index (χ4n) is 7.17. The van der Waals surface area contributed by atoms with Gasteiger partial charge in [0.25, 0.3) is 0 Å². The van der Waals surface area contributed by atoms with Gasteiger partial charge in [0, 0.05) is 12.8 Å². The average Bonchev–Trinajstić information content (AvgIpc) is 3.39. The van der Waals surface area contributed by atoms with Crippen LogP contribution in [0.1, 0.15) is 213 Å². The van der Waals surface area contributed by atoms with Crippen LogP contribution in [0.4, 0.5) is 0 Å². The molecular weight excluding hydrogens is 952 g/mol. The average molecular weight is 1050 g/mol. The third kappa shape index (κ3) is 52.7. The van der Waals surface area contributed by atoms with Crippen LogP contribution in [0.3, 0.4) is 0 Å². The fraction of sp³-hybridized carbons (Fsp3) is 0.629. The summed E-state index contributed by atoms with van der Waals surface area (Å²) in [5.74, 6) is -1.70. The van der Waals surface area contributed by atoms with Gasteiger partial charge in [0.05, 0.1) is 26.2 Å². The van der Waals surface area contributed by atoms with Crippen molar-refractivity contribution >= 4 is 25.7 Å². The first-order valence-corrected chi connectivity index (χ1v) is 29.9. The number of carbonyl (C=O) groups excluding carboxylic acids is 3. The predicted octanol–water partition coefficient (Wildman–Crippen LogP) is 16.8. The Morgan fingerprint density at radius 3 is 1.15 bits per heavy atom. The number of esters is 3. The highest BCUT2D eigenvalue weighted by molar-refractivity contribution is 7.47. The van der Waals surface area contributed by atoms with Gasteiger partial charge in [0.15, 0.2) is 6.10 Å². The van der Waals surface area contributed by atoms with E-state index in [1.54, 1.807) is 6.08 Å². The summed E-state index contributed by atoms with van der Waals surface area (Å²) in [5, 5.41) is 9.81. The smallest absolute Gasteiger partial charge is 0.461 e. The first-order chi connectivity index (χ1) is 36.2. The molecule has 0 aliphatic heterocycles. The Morgan fingerprint density at radius 1 is 0.405 bits per heavy atom. The second-order valence-electron chi connectivity index (χ2n) is 18.4. The van der Waals surface area contributed by atoms with Crippen molar-refractivity contribution < 1.29 is 52.2 Å². The number of hydrogen-bond acceptors (Lipinski definition) is 10. The molecule has 3 atom stereocenters. The Morgan fingerprint density at radius 2 is 0.743 bits per heavy atom. The van der Waals surface area contributed by atoms with E-state index in [0.29, 0.717) is 25.7 Å². The summed E-state index contributed by atoms with van der Waals surface area (Å²) in [5.41, 5.74) is 0. The Labute approximate surface area is 449 Å². The van der Waals surface area contributed by atoms with Crippen molar-refractivity contribution in [1.82, 2.24) is 0 Å². The lowest BCUT2D eigenvalue weighted by Gasteiger charge is -2.21. The van der Waals surface area contributed by atoms with Crippen LogP contribution in [0.25, 0.3) is 0 Å². The highest BCUT2D eigenvalue weighted by atomic mass is 31.2. The van der Waals surface area contributed by atoms with Crippen molar-refractivity contribution in [2.75, 3.05) is 26.4 Å². The van der Waals surface area contributed by atoms with E-state index in [1.807, 2.05) is 24.3 Å². The van der Waals surface area contributed by atoms with Gasteiger partial charge in [-0.1, -0.05) is 232 Å². The van der Waals surface area contributed by atoms with E-state index >= 15 is 0 Å². The summed E-state index contributed by atoms with van der Waals surface area (Å²) in [7, 11) is -4.79. The summed E-state index contributed by atoms with van der Waals surface area (Å²) in [6.07, 6.45) is 67.7. The molecule has 2 N–H and O–H groups in total. The molecule has 0 aromatic carbocycles. The number of ether oxygens (including phenoxy) is 3. The summed E-state index contributed by atoms with van der Waals surface area (Å²) in [6.45, 7) is 4.23. The van der Waals surface area contributed by atoms with Gasteiger partial charge in [-0.3, -0.25) is 23.4 Å². The van der Waals surface area contributed by atoms with Gasteiger partial charge in [-0.15, -0.1) is 0 Å².